The molecule has 1 aliphatic heterocycles. The minimum absolute atomic E-state index is 0.0609. The van der Waals surface area contributed by atoms with Crippen molar-refractivity contribution in [3.8, 4) is 0 Å². The van der Waals surface area contributed by atoms with Crippen molar-refractivity contribution in [3.05, 3.63) is 34.9 Å². The average Bonchev–Trinajstić information content (AvgIpc) is 3.35. The summed E-state index contributed by atoms with van der Waals surface area (Å²) in [4.78, 5) is 26.0. The highest BCUT2D eigenvalue weighted by Gasteiger charge is 2.36. The van der Waals surface area contributed by atoms with E-state index in [1.165, 1.54) is 17.9 Å². The number of rotatable bonds is 4. The summed E-state index contributed by atoms with van der Waals surface area (Å²) >= 11 is 0. The number of aliphatic hydroxyl groups is 1. The monoisotopic (exact) mass is 338 g/mol. The van der Waals surface area contributed by atoms with Crippen molar-refractivity contribution in [2.24, 2.45) is 5.92 Å². The van der Waals surface area contributed by atoms with Gasteiger partial charge >= 0.3 is 0 Å². The minimum Gasteiger partial charge on any atom is -0.391 e. The smallest absolute Gasteiger partial charge is 0.248 e. The molecule has 1 heterocycles. The molecule has 1 aliphatic carbocycles. The molecule has 1 aromatic carbocycles. The summed E-state index contributed by atoms with van der Waals surface area (Å²) in [6.07, 6.45) is 0.812. The van der Waals surface area contributed by atoms with E-state index in [-0.39, 0.29) is 31.3 Å². The zero-order valence-electron chi connectivity index (χ0n) is 13.4. The average molecular weight is 338 g/mol. The largest absolute Gasteiger partial charge is 0.391 e. The molecule has 1 saturated carbocycles. The zero-order valence-corrected chi connectivity index (χ0v) is 13.4. The van der Waals surface area contributed by atoms with E-state index in [9.17, 15) is 23.5 Å². The van der Waals surface area contributed by atoms with E-state index in [4.69, 9.17) is 0 Å². The molecule has 0 spiro atoms. The molecular formula is C17H20F2N2O3. The van der Waals surface area contributed by atoms with Crippen molar-refractivity contribution in [1.82, 2.24) is 10.2 Å². The first kappa shape index (κ1) is 16.8. The molecule has 1 aromatic rings. The molecule has 7 heteroatoms. The van der Waals surface area contributed by atoms with Crippen LogP contribution in [0, 0.1) is 17.6 Å². The van der Waals surface area contributed by atoms with Crippen LogP contribution in [0.5, 0.6) is 0 Å². The maximum absolute atomic E-state index is 13.8. The number of carbonyl (C=O) groups is 2. The molecule has 130 valence electrons. The topological polar surface area (TPSA) is 69.6 Å². The first-order valence-corrected chi connectivity index (χ1v) is 8.11. The number of nitrogens with one attached hydrogen (secondary N) is 1. The van der Waals surface area contributed by atoms with Gasteiger partial charge in [-0.1, -0.05) is 0 Å². The summed E-state index contributed by atoms with van der Waals surface area (Å²) in [6.45, 7) is 1.76. The molecule has 3 rings (SSSR count). The third-order valence-corrected chi connectivity index (χ3v) is 4.55. The van der Waals surface area contributed by atoms with Gasteiger partial charge in [0.1, 0.15) is 17.7 Å². The van der Waals surface area contributed by atoms with Crippen LogP contribution in [0.2, 0.25) is 0 Å². The van der Waals surface area contributed by atoms with Gasteiger partial charge in [-0.2, -0.15) is 0 Å². The van der Waals surface area contributed by atoms with E-state index in [0.29, 0.717) is 11.1 Å². The normalized spacial score (nSPS) is 19.4. The zero-order chi connectivity index (χ0) is 17.4. The van der Waals surface area contributed by atoms with E-state index in [1.807, 2.05) is 0 Å². The second kappa shape index (κ2) is 6.47. The Kier molecular flexibility index (Phi) is 4.54. The molecule has 2 unspecified atom stereocenters. The van der Waals surface area contributed by atoms with Crippen LogP contribution < -0.4 is 5.32 Å². The van der Waals surface area contributed by atoms with Crippen LogP contribution in [0.25, 0.3) is 0 Å². The van der Waals surface area contributed by atoms with Crippen molar-refractivity contribution in [3.63, 3.8) is 0 Å². The quantitative estimate of drug-likeness (QED) is 0.865. The van der Waals surface area contributed by atoms with Crippen LogP contribution in [0.3, 0.4) is 0 Å². The second-order valence-corrected chi connectivity index (χ2v) is 6.54. The van der Waals surface area contributed by atoms with E-state index >= 15 is 0 Å². The number of hydrogen-bond acceptors (Lipinski definition) is 3. The molecule has 24 heavy (non-hydrogen) atoms. The van der Waals surface area contributed by atoms with E-state index in [0.717, 1.165) is 18.9 Å². The third-order valence-electron chi connectivity index (χ3n) is 4.55. The molecule has 0 saturated heterocycles. The van der Waals surface area contributed by atoms with Crippen LogP contribution in [-0.2, 0) is 22.6 Å². The molecule has 1 fully saturated rings. The third kappa shape index (κ3) is 3.40. The van der Waals surface area contributed by atoms with Crippen LogP contribution in [0.1, 0.15) is 30.9 Å². The number of benzene rings is 1. The number of nitrogens with zero attached hydrogens (tertiary/aromatic N) is 1. The summed E-state index contributed by atoms with van der Waals surface area (Å²) in [5.41, 5.74) is 0.834. The van der Waals surface area contributed by atoms with Gasteiger partial charge < -0.3 is 15.3 Å². The Bertz CT molecular complexity index is 674. The highest BCUT2D eigenvalue weighted by atomic mass is 19.1. The van der Waals surface area contributed by atoms with E-state index in [2.05, 4.69) is 5.32 Å². The van der Waals surface area contributed by atoms with Crippen LogP contribution in [0.15, 0.2) is 12.1 Å². The number of halogens is 2. The first-order valence-electron chi connectivity index (χ1n) is 8.11. The lowest BCUT2D eigenvalue weighted by molar-refractivity contribution is -0.140. The first-order chi connectivity index (χ1) is 11.4. The lowest BCUT2D eigenvalue weighted by Gasteiger charge is -2.33. The predicted molar refractivity (Wildman–Crippen MR) is 81.8 cm³/mol. The van der Waals surface area contributed by atoms with Gasteiger partial charge in [-0.25, -0.2) is 8.78 Å². The van der Waals surface area contributed by atoms with Gasteiger partial charge in [0.15, 0.2) is 0 Å². The van der Waals surface area contributed by atoms with Crippen molar-refractivity contribution in [1.29, 1.82) is 0 Å². The van der Waals surface area contributed by atoms with Gasteiger partial charge in [-0.3, -0.25) is 9.59 Å². The van der Waals surface area contributed by atoms with Crippen molar-refractivity contribution in [2.45, 2.75) is 44.9 Å². The molecule has 2 aliphatic rings. The number of hydrogen-bond donors (Lipinski definition) is 2. The Morgan fingerprint density at radius 3 is 2.67 bits per heavy atom. The number of fused-ring (bicyclic) bond motifs is 1. The van der Waals surface area contributed by atoms with Gasteiger partial charge in [-0.05, 0) is 43.4 Å². The Balaban J connectivity index is 1.74. The fraction of sp³-hybridized carbons (Fsp3) is 0.529. The Morgan fingerprint density at radius 2 is 2.04 bits per heavy atom. The summed E-state index contributed by atoms with van der Waals surface area (Å²) in [6, 6.07) is 1.01. The summed E-state index contributed by atoms with van der Waals surface area (Å²) in [5, 5.41) is 12.5. The lowest BCUT2D eigenvalue weighted by atomic mass is 9.98. The minimum atomic E-state index is -1.05. The molecule has 0 radical (unpaired) electrons. The van der Waals surface area contributed by atoms with Gasteiger partial charge in [-0.15, -0.1) is 0 Å². The van der Waals surface area contributed by atoms with E-state index in [1.54, 1.807) is 0 Å². The molecule has 5 nitrogen and oxygen atoms in total. The van der Waals surface area contributed by atoms with Crippen LogP contribution >= 0.6 is 0 Å². The van der Waals surface area contributed by atoms with Crippen molar-refractivity contribution in [2.75, 3.05) is 6.54 Å². The number of amides is 2. The van der Waals surface area contributed by atoms with Crippen LogP contribution in [0.4, 0.5) is 8.78 Å². The summed E-state index contributed by atoms with van der Waals surface area (Å²) in [5.74, 6) is -2.04. The SMILES string of the molecule is CC(O)C(NC(=O)C1CC1)C(=O)N1CCc2c(F)cc(F)cc2C1. The Morgan fingerprint density at radius 1 is 1.33 bits per heavy atom. The van der Waals surface area contributed by atoms with Crippen molar-refractivity contribution >= 4 is 11.8 Å². The second-order valence-electron chi connectivity index (χ2n) is 6.54. The van der Waals surface area contributed by atoms with Gasteiger partial charge in [0.05, 0.1) is 6.10 Å². The van der Waals surface area contributed by atoms with Gasteiger partial charge in [0, 0.05) is 25.1 Å². The Hall–Kier alpha value is -2.02. The maximum atomic E-state index is 13.8. The standard InChI is InChI=1S/C17H20F2N2O3/c1-9(22)15(20-16(23)10-2-3-10)17(24)21-5-4-13-11(8-21)6-12(18)7-14(13)19/h6-7,9-10,15,22H,2-5,8H2,1H3,(H,20,23). The molecule has 0 aromatic heterocycles. The van der Waals surface area contributed by atoms with Crippen LogP contribution in [-0.4, -0.2) is 40.5 Å². The number of aliphatic hydroxyl groups excluding tert-OH is 1. The Labute approximate surface area is 138 Å². The fourth-order valence-corrected chi connectivity index (χ4v) is 3.00. The predicted octanol–water partition coefficient (Wildman–Crippen LogP) is 1.13. The molecule has 2 amide bonds. The summed E-state index contributed by atoms with van der Waals surface area (Å²) < 4.78 is 27.2. The summed E-state index contributed by atoms with van der Waals surface area (Å²) in [7, 11) is 0. The van der Waals surface area contributed by atoms with Gasteiger partial charge in [0.25, 0.3) is 0 Å². The molecule has 2 atom stereocenters. The molecule has 2 N–H and O–H groups in total. The highest BCUT2D eigenvalue weighted by molar-refractivity contribution is 5.90. The lowest BCUT2D eigenvalue weighted by Crippen LogP contribution is -2.54. The number of carbonyl (C=O) groups excluding carboxylic acids is 2. The molecular weight excluding hydrogens is 318 g/mol. The highest BCUT2D eigenvalue weighted by Crippen LogP contribution is 2.29. The molecule has 0 bridgehead atoms. The fourth-order valence-electron chi connectivity index (χ4n) is 3.00. The van der Waals surface area contributed by atoms with Gasteiger partial charge in [0.2, 0.25) is 11.8 Å². The van der Waals surface area contributed by atoms with Crippen molar-refractivity contribution < 1.29 is 23.5 Å². The van der Waals surface area contributed by atoms with E-state index < -0.39 is 29.7 Å². The maximum Gasteiger partial charge on any atom is 0.248 e.